The van der Waals surface area contributed by atoms with E-state index in [1.165, 1.54) is 12.3 Å². The number of hydrogen-bond acceptors (Lipinski definition) is 6. The van der Waals surface area contributed by atoms with E-state index in [-0.39, 0.29) is 22.3 Å². The number of benzene rings is 2. The number of nitro groups is 1. The van der Waals surface area contributed by atoms with Crippen LogP contribution in [-0.4, -0.2) is 16.5 Å². The van der Waals surface area contributed by atoms with Crippen LogP contribution in [0.1, 0.15) is 70.2 Å². The van der Waals surface area contributed by atoms with E-state index in [1.807, 2.05) is 6.07 Å². The Morgan fingerprint density at radius 3 is 2.58 bits per heavy atom. The number of Topliss-reactive ketones (excluding diaryl/α,β-unsaturated/α-hetero) is 2. The highest BCUT2D eigenvalue weighted by Gasteiger charge is 2.43. The minimum Gasteiger partial charge on any atom is -0.486 e. The third-order valence-corrected chi connectivity index (χ3v) is 6.60. The van der Waals surface area contributed by atoms with E-state index in [9.17, 15) is 24.1 Å². The Bertz CT molecular complexity index is 1370. The van der Waals surface area contributed by atoms with Gasteiger partial charge in [-0.1, -0.05) is 26.0 Å². The van der Waals surface area contributed by atoms with Crippen LogP contribution in [0.2, 0.25) is 0 Å². The highest BCUT2D eigenvalue weighted by molar-refractivity contribution is 6.53. The number of rotatable bonds is 3. The Morgan fingerprint density at radius 1 is 1.15 bits per heavy atom. The Labute approximate surface area is 188 Å². The number of fused-ring (bicyclic) bond motifs is 5. The molecule has 5 rings (SSSR count). The molecule has 2 aliphatic carbocycles. The monoisotopic (exact) mass is 449 g/mol. The van der Waals surface area contributed by atoms with Crippen molar-refractivity contribution >= 4 is 17.3 Å². The summed E-state index contributed by atoms with van der Waals surface area (Å²) in [4.78, 5) is 36.4. The molecule has 0 spiro atoms. The number of ether oxygens (including phenoxy) is 1. The first-order valence-corrected chi connectivity index (χ1v) is 10.6. The highest BCUT2D eigenvalue weighted by atomic mass is 19.1. The van der Waals surface area contributed by atoms with Gasteiger partial charge < -0.3 is 9.15 Å². The van der Waals surface area contributed by atoms with Crippen LogP contribution in [-0.2, 0) is 5.41 Å². The molecule has 168 valence electrons. The molecule has 0 amide bonds. The number of halogens is 1. The van der Waals surface area contributed by atoms with E-state index in [1.54, 1.807) is 13.0 Å². The lowest BCUT2D eigenvalue weighted by molar-refractivity contribution is -0.387. The number of carbonyl (C=O) groups excluding carboxylic acids is 2. The molecule has 0 N–H and O–H groups in total. The van der Waals surface area contributed by atoms with Gasteiger partial charge in [-0.05, 0) is 42.4 Å². The first-order chi connectivity index (χ1) is 15.6. The van der Waals surface area contributed by atoms with E-state index in [4.69, 9.17) is 9.15 Å². The molecule has 0 saturated heterocycles. The zero-order chi connectivity index (χ0) is 23.7. The summed E-state index contributed by atoms with van der Waals surface area (Å²) in [6, 6.07) is 7.07. The lowest BCUT2D eigenvalue weighted by Gasteiger charge is -2.39. The quantitative estimate of drug-likeness (QED) is 0.282. The van der Waals surface area contributed by atoms with Gasteiger partial charge in [0.05, 0.1) is 16.7 Å². The van der Waals surface area contributed by atoms with E-state index in [0.717, 1.165) is 24.1 Å². The van der Waals surface area contributed by atoms with Crippen molar-refractivity contribution in [3.8, 4) is 17.1 Å². The molecular formula is C25H20FNO6. The molecule has 0 saturated carbocycles. The van der Waals surface area contributed by atoms with Gasteiger partial charge in [-0.3, -0.25) is 19.7 Å². The van der Waals surface area contributed by atoms with Crippen molar-refractivity contribution in [3.63, 3.8) is 0 Å². The molecule has 33 heavy (non-hydrogen) atoms. The number of aryl methyl sites for hydroxylation is 1. The van der Waals surface area contributed by atoms with Gasteiger partial charge in [-0.2, -0.15) is 4.39 Å². The number of nitrogens with zero attached hydrogens (tertiary/aromatic N) is 1. The average Bonchev–Trinajstić information content (AvgIpc) is 3.15. The van der Waals surface area contributed by atoms with E-state index >= 15 is 0 Å². The average molecular weight is 449 g/mol. The molecule has 3 aromatic rings. The fourth-order valence-corrected chi connectivity index (χ4v) is 4.89. The summed E-state index contributed by atoms with van der Waals surface area (Å²) in [7, 11) is 0. The zero-order valence-corrected chi connectivity index (χ0v) is 18.2. The zero-order valence-electron chi connectivity index (χ0n) is 18.2. The van der Waals surface area contributed by atoms with Crippen molar-refractivity contribution in [2.75, 3.05) is 0 Å². The predicted molar refractivity (Wildman–Crippen MR) is 116 cm³/mol. The molecule has 1 heterocycles. The predicted octanol–water partition coefficient (Wildman–Crippen LogP) is 5.87. The van der Waals surface area contributed by atoms with Gasteiger partial charge in [-0.25, -0.2) is 0 Å². The summed E-state index contributed by atoms with van der Waals surface area (Å²) in [5.74, 6) is -1.79. The third kappa shape index (κ3) is 3.08. The first kappa shape index (κ1) is 21.1. The second-order valence-electron chi connectivity index (χ2n) is 9.13. The number of carbonyl (C=O) groups is 2. The van der Waals surface area contributed by atoms with Crippen LogP contribution < -0.4 is 4.74 Å². The molecule has 0 bridgehead atoms. The minimum absolute atomic E-state index is 0.107. The van der Waals surface area contributed by atoms with Crippen LogP contribution in [0.5, 0.6) is 5.75 Å². The summed E-state index contributed by atoms with van der Waals surface area (Å²) in [6.45, 7) is 5.82. The first-order valence-electron chi connectivity index (χ1n) is 10.6. The van der Waals surface area contributed by atoms with Gasteiger partial charge in [0, 0.05) is 28.8 Å². The SMILES string of the molecule is Cc1coc2c1C(=O)C(=O)c1c-2ccc2c1C(Oc1ccc([N+](=O)[O-])c(F)c1)CCC2(C)C. The number of nitro benzene ring substituents is 1. The summed E-state index contributed by atoms with van der Waals surface area (Å²) in [5.41, 5.74) is 2.17. The normalized spacial score (nSPS) is 18.4. The minimum atomic E-state index is -1.01. The summed E-state index contributed by atoms with van der Waals surface area (Å²) >= 11 is 0. The van der Waals surface area contributed by atoms with Crippen molar-refractivity contribution in [1.29, 1.82) is 0 Å². The van der Waals surface area contributed by atoms with Crippen LogP contribution in [0.4, 0.5) is 10.1 Å². The van der Waals surface area contributed by atoms with Crippen molar-refractivity contribution in [3.05, 3.63) is 80.3 Å². The lowest BCUT2D eigenvalue weighted by atomic mass is 9.68. The van der Waals surface area contributed by atoms with Crippen LogP contribution in [0.3, 0.4) is 0 Å². The second kappa shape index (κ2) is 7.10. The van der Waals surface area contributed by atoms with Gasteiger partial charge in [0.15, 0.2) is 0 Å². The molecule has 2 aromatic carbocycles. The summed E-state index contributed by atoms with van der Waals surface area (Å²) in [6.07, 6.45) is 2.06. The topological polar surface area (TPSA) is 99.7 Å². The van der Waals surface area contributed by atoms with Crippen LogP contribution in [0.25, 0.3) is 11.3 Å². The van der Waals surface area contributed by atoms with E-state index in [2.05, 4.69) is 13.8 Å². The maximum absolute atomic E-state index is 14.2. The van der Waals surface area contributed by atoms with Crippen LogP contribution >= 0.6 is 0 Å². The molecule has 8 heteroatoms. The molecule has 1 aromatic heterocycles. The van der Waals surface area contributed by atoms with Crippen molar-refractivity contribution in [1.82, 2.24) is 0 Å². The molecule has 0 fully saturated rings. The van der Waals surface area contributed by atoms with E-state index in [0.29, 0.717) is 28.9 Å². The fourth-order valence-electron chi connectivity index (χ4n) is 4.89. The molecule has 0 radical (unpaired) electrons. The van der Waals surface area contributed by atoms with Crippen LogP contribution in [0.15, 0.2) is 41.0 Å². The van der Waals surface area contributed by atoms with Crippen molar-refractivity contribution in [2.45, 2.75) is 45.1 Å². The van der Waals surface area contributed by atoms with Gasteiger partial charge in [-0.15, -0.1) is 0 Å². The van der Waals surface area contributed by atoms with Crippen molar-refractivity contribution in [2.24, 2.45) is 0 Å². The summed E-state index contributed by atoms with van der Waals surface area (Å²) < 4.78 is 25.9. The van der Waals surface area contributed by atoms with Gasteiger partial charge in [0.25, 0.3) is 0 Å². The fraction of sp³-hybridized carbons (Fsp3) is 0.280. The lowest BCUT2D eigenvalue weighted by Crippen LogP contribution is -2.33. The molecule has 0 aliphatic heterocycles. The Hall–Kier alpha value is -3.81. The number of hydrogen-bond donors (Lipinski definition) is 0. The Morgan fingerprint density at radius 2 is 1.88 bits per heavy atom. The van der Waals surface area contributed by atoms with Crippen molar-refractivity contribution < 1.29 is 28.1 Å². The third-order valence-electron chi connectivity index (χ3n) is 6.60. The molecule has 7 nitrogen and oxygen atoms in total. The second-order valence-corrected chi connectivity index (χ2v) is 9.13. The smallest absolute Gasteiger partial charge is 0.305 e. The number of furan rings is 1. The number of ketones is 2. The van der Waals surface area contributed by atoms with E-state index < -0.39 is 34.1 Å². The Balaban J connectivity index is 1.68. The standard InChI is InChI=1S/C25H20FNO6/c1-12-11-32-24-14-5-6-15-21(20(14)23(29)22(28)19(12)24)18(8-9-25(15,2)3)33-13-4-7-17(27(30)31)16(26)10-13/h4-7,10-11,18H,8-9H2,1-3H3. The molecular weight excluding hydrogens is 429 g/mol. The molecule has 1 unspecified atom stereocenters. The molecule has 1 atom stereocenters. The van der Waals surface area contributed by atoms with Gasteiger partial charge in [0.1, 0.15) is 17.6 Å². The van der Waals surface area contributed by atoms with Gasteiger partial charge in [0.2, 0.25) is 17.4 Å². The largest absolute Gasteiger partial charge is 0.486 e. The Kier molecular flexibility index (Phi) is 4.53. The maximum Gasteiger partial charge on any atom is 0.305 e. The van der Waals surface area contributed by atoms with Crippen LogP contribution in [0, 0.1) is 22.9 Å². The maximum atomic E-state index is 14.2. The van der Waals surface area contributed by atoms with Gasteiger partial charge >= 0.3 is 5.69 Å². The summed E-state index contributed by atoms with van der Waals surface area (Å²) in [5, 5.41) is 10.9. The molecule has 2 aliphatic rings. The highest BCUT2D eigenvalue weighted by Crippen LogP contribution is 2.49.